The van der Waals surface area contributed by atoms with Gasteiger partial charge < -0.3 is 20.1 Å². The maximum absolute atomic E-state index is 5.75. The van der Waals surface area contributed by atoms with Crippen LogP contribution < -0.4 is 15.4 Å². The number of rotatable bonds is 8. The maximum atomic E-state index is 5.75. The highest BCUT2D eigenvalue weighted by Gasteiger charge is 1.99. The molecule has 4 nitrogen and oxygen atoms in total. The molecule has 0 aliphatic heterocycles. The Labute approximate surface area is 142 Å². The number of thiocarbonyl (C=S) groups is 1. The molecule has 2 aromatic rings. The molecule has 0 saturated heterocycles. The van der Waals surface area contributed by atoms with E-state index in [1.165, 1.54) is 0 Å². The Morgan fingerprint density at radius 2 is 1.78 bits per heavy atom. The Balaban J connectivity index is 1.74. The van der Waals surface area contributed by atoms with E-state index < -0.39 is 0 Å². The standard InChI is InChI=1S/C18H22N2O2S/c1-21-13-5-12-19-18(23)20-16-8-10-17(11-9-16)22-14-15-6-3-2-4-7-15/h2-4,6-11H,5,12-14H2,1H3,(H2,19,20,23). The van der Waals surface area contributed by atoms with Crippen LogP contribution >= 0.6 is 12.2 Å². The van der Waals surface area contributed by atoms with Gasteiger partial charge in [0.15, 0.2) is 5.11 Å². The molecule has 2 aromatic carbocycles. The van der Waals surface area contributed by atoms with Crippen LogP contribution in [-0.4, -0.2) is 25.4 Å². The van der Waals surface area contributed by atoms with Crippen LogP contribution in [0.5, 0.6) is 5.75 Å². The normalized spacial score (nSPS) is 10.1. The van der Waals surface area contributed by atoms with Crippen LogP contribution in [0.2, 0.25) is 0 Å². The van der Waals surface area contributed by atoms with E-state index >= 15 is 0 Å². The van der Waals surface area contributed by atoms with Crippen molar-refractivity contribution in [1.29, 1.82) is 0 Å². The van der Waals surface area contributed by atoms with Gasteiger partial charge in [-0.1, -0.05) is 30.3 Å². The van der Waals surface area contributed by atoms with Crippen molar-refractivity contribution in [3.63, 3.8) is 0 Å². The minimum absolute atomic E-state index is 0.563. The first-order valence-electron chi connectivity index (χ1n) is 7.58. The summed E-state index contributed by atoms with van der Waals surface area (Å²) in [6.45, 7) is 2.08. The molecule has 0 atom stereocenters. The summed E-state index contributed by atoms with van der Waals surface area (Å²) in [5.41, 5.74) is 2.08. The first-order chi connectivity index (χ1) is 11.3. The van der Waals surface area contributed by atoms with E-state index in [2.05, 4.69) is 10.6 Å². The fraction of sp³-hybridized carbons (Fsp3) is 0.278. The molecule has 122 valence electrons. The zero-order valence-corrected chi connectivity index (χ0v) is 14.1. The summed E-state index contributed by atoms with van der Waals surface area (Å²) in [4.78, 5) is 0. The van der Waals surface area contributed by atoms with E-state index in [0.29, 0.717) is 11.7 Å². The molecule has 0 saturated carbocycles. The monoisotopic (exact) mass is 330 g/mol. The van der Waals surface area contributed by atoms with Crippen LogP contribution in [0.1, 0.15) is 12.0 Å². The molecule has 0 spiro atoms. The highest BCUT2D eigenvalue weighted by atomic mass is 32.1. The van der Waals surface area contributed by atoms with Gasteiger partial charge in [0.1, 0.15) is 12.4 Å². The smallest absolute Gasteiger partial charge is 0.170 e. The van der Waals surface area contributed by atoms with Crippen LogP contribution in [0, 0.1) is 0 Å². The average molecular weight is 330 g/mol. The third kappa shape index (κ3) is 6.67. The maximum Gasteiger partial charge on any atom is 0.170 e. The van der Waals surface area contributed by atoms with Gasteiger partial charge >= 0.3 is 0 Å². The first-order valence-corrected chi connectivity index (χ1v) is 7.99. The van der Waals surface area contributed by atoms with E-state index in [-0.39, 0.29) is 0 Å². The number of hydrogen-bond donors (Lipinski definition) is 2. The van der Waals surface area contributed by atoms with Gasteiger partial charge in [0.2, 0.25) is 0 Å². The van der Waals surface area contributed by atoms with Gasteiger partial charge in [0.25, 0.3) is 0 Å². The Bertz CT molecular complexity index is 588. The number of benzene rings is 2. The second kappa shape index (κ2) is 9.82. The third-order valence-corrected chi connectivity index (χ3v) is 3.42. The quantitative estimate of drug-likeness (QED) is 0.572. The fourth-order valence-electron chi connectivity index (χ4n) is 1.97. The second-order valence-corrected chi connectivity index (χ2v) is 5.43. The number of nitrogens with one attached hydrogen (secondary N) is 2. The molecule has 0 amide bonds. The largest absolute Gasteiger partial charge is 0.489 e. The molecule has 0 fully saturated rings. The molecule has 2 N–H and O–H groups in total. The van der Waals surface area contributed by atoms with E-state index in [0.717, 1.165) is 36.6 Å². The van der Waals surface area contributed by atoms with Crippen molar-refractivity contribution in [1.82, 2.24) is 5.32 Å². The second-order valence-electron chi connectivity index (χ2n) is 5.03. The molecule has 5 heteroatoms. The van der Waals surface area contributed by atoms with Crippen LogP contribution in [0.4, 0.5) is 5.69 Å². The van der Waals surface area contributed by atoms with Crippen molar-refractivity contribution in [2.75, 3.05) is 25.6 Å². The predicted molar refractivity (Wildman–Crippen MR) is 97.9 cm³/mol. The summed E-state index contributed by atoms with van der Waals surface area (Å²) in [7, 11) is 1.69. The topological polar surface area (TPSA) is 42.5 Å². The molecule has 0 unspecified atom stereocenters. The molecule has 0 heterocycles. The highest BCUT2D eigenvalue weighted by Crippen LogP contribution is 2.17. The summed E-state index contributed by atoms with van der Waals surface area (Å²) in [5.74, 6) is 0.832. The Hall–Kier alpha value is -2.11. The molecular weight excluding hydrogens is 308 g/mol. The third-order valence-electron chi connectivity index (χ3n) is 3.17. The average Bonchev–Trinajstić information content (AvgIpc) is 2.59. The van der Waals surface area contributed by atoms with Crippen LogP contribution in [0.25, 0.3) is 0 Å². The van der Waals surface area contributed by atoms with Crippen molar-refractivity contribution in [2.45, 2.75) is 13.0 Å². The summed E-state index contributed by atoms with van der Waals surface area (Å²) in [5, 5.41) is 6.89. The molecule has 0 aliphatic rings. The van der Waals surface area contributed by atoms with Gasteiger partial charge in [-0.05, 0) is 48.5 Å². The lowest BCUT2D eigenvalue weighted by atomic mass is 10.2. The van der Waals surface area contributed by atoms with Gasteiger partial charge in [0, 0.05) is 25.9 Å². The van der Waals surface area contributed by atoms with Crippen molar-refractivity contribution in [3.05, 3.63) is 60.2 Å². The Morgan fingerprint density at radius 3 is 2.48 bits per heavy atom. The van der Waals surface area contributed by atoms with Crippen molar-refractivity contribution in [3.8, 4) is 5.75 Å². The molecule has 23 heavy (non-hydrogen) atoms. The zero-order valence-electron chi connectivity index (χ0n) is 13.2. The van der Waals surface area contributed by atoms with E-state index in [1.54, 1.807) is 7.11 Å². The fourth-order valence-corrected chi connectivity index (χ4v) is 2.19. The van der Waals surface area contributed by atoms with E-state index in [9.17, 15) is 0 Å². The summed E-state index contributed by atoms with van der Waals surface area (Å²) < 4.78 is 10.7. The van der Waals surface area contributed by atoms with Gasteiger partial charge in [-0.2, -0.15) is 0 Å². The molecule has 0 aromatic heterocycles. The van der Waals surface area contributed by atoms with Crippen molar-refractivity contribution >= 4 is 23.0 Å². The molecular formula is C18H22N2O2S. The number of methoxy groups -OCH3 is 1. The predicted octanol–water partition coefficient (Wildman–Crippen LogP) is 3.59. The van der Waals surface area contributed by atoms with Crippen LogP contribution in [0.3, 0.4) is 0 Å². The minimum atomic E-state index is 0.563. The molecule has 0 radical (unpaired) electrons. The lowest BCUT2D eigenvalue weighted by Gasteiger charge is -2.11. The lowest BCUT2D eigenvalue weighted by Crippen LogP contribution is -2.29. The number of ether oxygens (including phenoxy) is 2. The minimum Gasteiger partial charge on any atom is -0.489 e. The van der Waals surface area contributed by atoms with Gasteiger partial charge in [-0.25, -0.2) is 0 Å². The summed E-state index contributed by atoms with van der Waals surface area (Å²) in [6, 6.07) is 17.9. The highest BCUT2D eigenvalue weighted by molar-refractivity contribution is 7.80. The Morgan fingerprint density at radius 1 is 1.04 bits per heavy atom. The molecule has 0 bridgehead atoms. The van der Waals surface area contributed by atoms with Crippen molar-refractivity contribution < 1.29 is 9.47 Å². The number of anilines is 1. The zero-order chi connectivity index (χ0) is 16.3. The molecule has 0 aliphatic carbocycles. The molecule has 2 rings (SSSR count). The summed E-state index contributed by atoms with van der Waals surface area (Å²) >= 11 is 5.24. The van der Waals surface area contributed by atoms with E-state index in [4.69, 9.17) is 21.7 Å². The Kier molecular flexibility index (Phi) is 7.36. The number of hydrogen-bond acceptors (Lipinski definition) is 3. The van der Waals surface area contributed by atoms with E-state index in [1.807, 2.05) is 54.6 Å². The SMILES string of the molecule is COCCCNC(=S)Nc1ccc(OCc2ccccc2)cc1. The van der Waals surface area contributed by atoms with Crippen molar-refractivity contribution in [2.24, 2.45) is 0 Å². The lowest BCUT2D eigenvalue weighted by molar-refractivity contribution is 0.196. The van der Waals surface area contributed by atoms with Gasteiger partial charge in [-0.15, -0.1) is 0 Å². The van der Waals surface area contributed by atoms with Crippen LogP contribution in [-0.2, 0) is 11.3 Å². The van der Waals surface area contributed by atoms with Gasteiger partial charge in [-0.3, -0.25) is 0 Å². The van der Waals surface area contributed by atoms with Crippen LogP contribution in [0.15, 0.2) is 54.6 Å². The van der Waals surface area contributed by atoms with Gasteiger partial charge in [0.05, 0.1) is 0 Å². The summed E-state index contributed by atoms with van der Waals surface area (Å²) in [6.07, 6.45) is 0.921. The first kappa shape index (κ1) is 17.2.